The maximum absolute atomic E-state index is 5.46. The maximum atomic E-state index is 5.46. The Morgan fingerprint density at radius 1 is 1.10 bits per heavy atom. The zero-order valence-corrected chi connectivity index (χ0v) is 12.6. The van der Waals surface area contributed by atoms with Crippen molar-refractivity contribution in [2.75, 3.05) is 26.1 Å². The van der Waals surface area contributed by atoms with E-state index in [0.717, 1.165) is 53.2 Å². The number of anilines is 1. The van der Waals surface area contributed by atoms with Crippen molar-refractivity contribution < 1.29 is 9.47 Å². The molecule has 4 nitrogen and oxygen atoms in total. The first-order chi connectivity index (χ1) is 9.73. The number of fused-ring (bicyclic) bond motifs is 1. The van der Waals surface area contributed by atoms with Crippen molar-refractivity contribution in [3.63, 3.8) is 0 Å². The second-order valence-electron chi connectivity index (χ2n) is 4.67. The van der Waals surface area contributed by atoms with E-state index < -0.39 is 0 Å². The van der Waals surface area contributed by atoms with E-state index in [9.17, 15) is 0 Å². The number of ether oxygens (including phenoxy) is 2. The number of nitrogens with zero attached hydrogens (tertiary/aromatic N) is 1. The number of aromatic nitrogens is 1. The van der Waals surface area contributed by atoms with Crippen LogP contribution in [0.4, 0.5) is 5.69 Å². The fourth-order valence-corrected chi connectivity index (χ4v) is 2.18. The third kappa shape index (κ3) is 2.79. The van der Waals surface area contributed by atoms with Gasteiger partial charge in [-0.1, -0.05) is 13.8 Å². The second-order valence-corrected chi connectivity index (χ2v) is 4.67. The monoisotopic (exact) mass is 274 g/mol. The average Bonchev–Trinajstić information content (AvgIpc) is 2.50. The quantitative estimate of drug-likeness (QED) is 0.873. The Morgan fingerprint density at radius 3 is 2.50 bits per heavy atom. The summed E-state index contributed by atoms with van der Waals surface area (Å²) < 4.78 is 10.8. The van der Waals surface area contributed by atoms with Gasteiger partial charge in [0.15, 0.2) is 0 Å². The van der Waals surface area contributed by atoms with E-state index in [4.69, 9.17) is 9.47 Å². The Hall–Kier alpha value is -1.97. The maximum Gasteiger partial charge on any atom is 0.148 e. The van der Waals surface area contributed by atoms with Gasteiger partial charge in [0, 0.05) is 29.4 Å². The van der Waals surface area contributed by atoms with Crippen LogP contribution in [0.1, 0.15) is 26.0 Å². The highest BCUT2D eigenvalue weighted by atomic mass is 16.5. The average molecular weight is 274 g/mol. The molecule has 1 aromatic heterocycles. The molecule has 0 atom stereocenters. The molecular formula is C16H22N2O2. The van der Waals surface area contributed by atoms with E-state index in [1.54, 1.807) is 14.2 Å². The number of rotatable bonds is 6. The molecule has 0 radical (unpaired) electrons. The van der Waals surface area contributed by atoms with Crippen LogP contribution in [0.5, 0.6) is 11.5 Å². The Kier molecular flexibility index (Phi) is 4.66. The first-order valence-electron chi connectivity index (χ1n) is 7.03. The second kappa shape index (κ2) is 6.46. The molecule has 4 heteroatoms. The molecule has 20 heavy (non-hydrogen) atoms. The van der Waals surface area contributed by atoms with Gasteiger partial charge in [0.25, 0.3) is 0 Å². The number of hydrogen-bond acceptors (Lipinski definition) is 4. The summed E-state index contributed by atoms with van der Waals surface area (Å²) in [4.78, 5) is 4.69. The lowest BCUT2D eigenvalue weighted by atomic mass is 10.1. The van der Waals surface area contributed by atoms with Crippen molar-refractivity contribution >= 4 is 16.6 Å². The molecule has 0 aliphatic rings. The molecule has 1 heterocycles. The molecule has 0 aliphatic carbocycles. The molecule has 0 saturated carbocycles. The van der Waals surface area contributed by atoms with Gasteiger partial charge >= 0.3 is 0 Å². The highest BCUT2D eigenvalue weighted by Gasteiger charge is 2.12. The van der Waals surface area contributed by atoms with Crippen molar-refractivity contribution in [3.8, 4) is 11.5 Å². The van der Waals surface area contributed by atoms with Crippen molar-refractivity contribution in [3.05, 3.63) is 23.9 Å². The summed E-state index contributed by atoms with van der Waals surface area (Å²) in [5, 5.41) is 4.50. The number of aryl methyl sites for hydroxylation is 1. The van der Waals surface area contributed by atoms with Gasteiger partial charge in [-0.15, -0.1) is 0 Å². The molecule has 2 aromatic rings. The lowest BCUT2D eigenvalue weighted by Gasteiger charge is -2.14. The summed E-state index contributed by atoms with van der Waals surface area (Å²) in [6.45, 7) is 5.19. The molecule has 0 amide bonds. The fraction of sp³-hybridized carbons (Fsp3) is 0.438. The summed E-state index contributed by atoms with van der Waals surface area (Å²) >= 11 is 0. The van der Waals surface area contributed by atoms with Gasteiger partial charge < -0.3 is 14.8 Å². The van der Waals surface area contributed by atoms with Crippen molar-refractivity contribution in [2.24, 2.45) is 0 Å². The summed E-state index contributed by atoms with van der Waals surface area (Å²) in [5.74, 6) is 1.52. The summed E-state index contributed by atoms with van der Waals surface area (Å²) in [5.41, 5.74) is 3.02. The minimum Gasteiger partial charge on any atom is -0.497 e. The number of pyridine rings is 1. The lowest BCUT2D eigenvalue weighted by Crippen LogP contribution is -2.03. The summed E-state index contributed by atoms with van der Waals surface area (Å²) in [6.07, 6.45) is 1.97. The molecule has 0 bridgehead atoms. The summed E-state index contributed by atoms with van der Waals surface area (Å²) in [6, 6.07) is 5.98. The van der Waals surface area contributed by atoms with Crippen LogP contribution >= 0.6 is 0 Å². The molecule has 0 aliphatic heterocycles. The molecule has 108 valence electrons. The molecule has 0 unspecified atom stereocenters. The highest BCUT2D eigenvalue weighted by Crippen LogP contribution is 2.34. The van der Waals surface area contributed by atoms with Gasteiger partial charge in [-0.05, 0) is 25.0 Å². The van der Waals surface area contributed by atoms with Crippen LogP contribution in [0.25, 0.3) is 10.9 Å². The van der Waals surface area contributed by atoms with E-state index >= 15 is 0 Å². The van der Waals surface area contributed by atoms with Gasteiger partial charge in [0.1, 0.15) is 17.0 Å². The molecule has 1 aromatic carbocycles. The summed E-state index contributed by atoms with van der Waals surface area (Å²) in [7, 11) is 3.32. The lowest BCUT2D eigenvalue weighted by molar-refractivity contribution is 0.397. The highest BCUT2D eigenvalue weighted by molar-refractivity contribution is 5.96. The number of nitrogens with one attached hydrogen (secondary N) is 1. The van der Waals surface area contributed by atoms with Crippen LogP contribution in [0.3, 0.4) is 0 Å². The Bertz CT molecular complexity index is 597. The van der Waals surface area contributed by atoms with Crippen LogP contribution in [-0.4, -0.2) is 25.7 Å². The largest absolute Gasteiger partial charge is 0.497 e. The normalized spacial score (nSPS) is 10.6. The Morgan fingerprint density at radius 2 is 1.90 bits per heavy atom. The SMILES string of the molecule is CCCNc1cc(CC)nc2c(OC)cc(OC)cc12. The van der Waals surface area contributed by atoms with Gasteiger partial charge in [-0.2, -0.15) is 0 Å². The molecule has 0 spiro atoms. The topological polar surface area (TPSA) is 43.4 Å². The van der Waals surface area contributed by atoms with Gasteiger partial charge in [0.05, 0.1) is 14.2 Å². The van der Waals surface area contributed by atoms with Gasteiger partial charge in [-0.25, -0.2) is 4.98 Å². The zero-order chi connectivity index (χ0) is 14.5. The first kappa shape index (κ1) is 14.4. The Balaban J connectivity index is 2.67. The van der Waals surface area contributed by atoms with Crippen LogP contribution in [0.2, 0.25) is 0 Å². The standard InChI is InChI=1S/C16H22N2O2/c1-5-7-17-14-8-11(6-2)18-16-13(14)9-12(19-3)10-15(16)20-4/h8-10H,5-7H2,1-4H3,(H,17,18). The number of hydrogen-bond donors (Lipinski definition) is 1. The van der Waals surface area contributed by atoms with Crippen LogP contribution in [0.15, 0.2) is 18.2 Å². The van der Waals surface area contributed by atoms with E-state index in [1.807, 2.05) is 12.1 Å². The van der Waals surface area contributed by atoms with E-state index in [0.29, 0.717) is 0 Å². The predicted octanol–water partition coefficient (Wildman–Crippen LogP) is 3.64. The first-order valence-corrected chi connectivity index (χ1v) is 7.03. The molecular weight excluding hydrogens is 252 g/mol. The van der Waals surface area contributed by atoms with Crippen molar-refractivity contribution in [1.29, 1.82) is 0 Å². The number of benzene rings is 1. The minimum atomic E-state index is 0.745. The third-order valence-electron chi connectivity index (χ3n) is 3.29. The third-order valence-corrected chi connectivity index (χ3v) is 3.29. The molecule has 1 N–H and O–H groups in total. The van der Waals surface area contributed by atoms with Gasteiger partial charge in [0.2, 0.25) is 0 Å². The zero-order valence-electron chi connectivity index (χ0n) is 12.6. The predicted molar refractivity (Wildman–Crippen MR) is 83.0 cm³/mol. The smallest absolute Gasteiger partial charge is 0.148 e. The van der Waals surface area contributed by atoms with Crippen LogP contribution < -0.4 is 14.8 Å². The van der Waals surface area contributed by atoms with Crippen molar-refractivity contribution in [1.82, 2.24) is 4.98 Å². The molecule has 2 rings (SSSR count). The van der Waals surface area contributed by atoms with Crippen molar-refractivity contribution in [2.45, 2.75) is 26.7 Å². The van der Waals surface area contributed by atoms with E-state index in [-0.39, 0.29) is 0 Å². The van der Waals surface area contributed by atoms with Crippen LogP contribution in [-0.2, 0) is 6.42 Å². The van der Waals surface area contributed by atoms with Crippen LogP contribution in [0, 0.1) is 0 Å². The van der Waals surface area contributed by atoms with E-state index in [1.165, 1.54) is 0 Å². The minimum absolute atomic E-state index is 0.745. The van der Waals surface area contributed by atoms with E-state index in [2.05, 4.69) is 30.2 Å². The van der Waals surface area contributed by atoms with Gasteiger partial charge in [-0.3, -0.25) is 0 Å². The number of methoxy groups -OCH3 is 2. The Labute approximate surface area is 120 Å². The molecule has 0 saturated heterocycles. The fourth-order valence-electron chi connectivity index (χ4n) is 2.18. The molecule has 0 fully saturated rings.